The van der Waals surface area contributed by atoms with E-state index in [0.29, 0.717) is 25.7 Å². The third kappa shape index (κ3) is 4.43. The minimum absolute atomic E-state index is 0.193. The lowest BCUT2D eigenvalue weighted by Crippen LogP contribution is -2.37. The molecule has 0 saturated heterocycles. The second-order valence-corrected chi connectivity index (χ2v) is 7.46. The molecule has 0 unspecified atom stereocenters. The van der Waals surface area contributed by atoms with E-state index in [1.54, 1.807) is 6.07 Å². The standard InChI is InChI=1S/C21H18ClF4NO3/c22-15-8-5-7-14(21(24,25)26)18(15)27-17(28)12-30-19(29)20(10-3-4-11-20)13-6-1-2-9-16(13)23/h1-2,5-9H,3-4,10-12H2,(H,27,28). The van der Waals surface area contributed by atoms with Crippen LogP contribution in [0.25, 0.3) is 0 Å². The number of amides is 1. The van der Waals surface area contributed by atoms with Gasteiger partial charge in [-0.25, -0.2) is 4.39 Å². The van der Waals surface area contributed by atoms with Crippen LogP contribution in [0.5, 0.6) is 0 Å². The second-order valence-electron chi connectivity index (χ2n) is 7.05. The van der Waals surface area contributed by atoms with E-state index in [1.807, 2.05) is 0 Å². The summed E-state index contributed by atoms with van der Waals surface area (Å²) < 4.78 is 58.8. The van der Waals surface area contributed by atoms with Crippen LogP contribution in [0.15, 0.2) is 42.5 Å². The van der Waals surface area contributed by atoms with Gasteiger partial charge in [0.15, 0.2) is 6.61 Å². The molecule has 30 heavy (non-hydrogen) atoms. The third-order valence-corrected chi connectivity index (χ3v) is 5.47. The Kier molecular flexibility index (Phi) is 6.36. The smallest absolute Gasteiger partial charge is 0.418 e. The van der Waals surface area contributed by atoms with Crippen molar-refractivity contribution in [3.63, 3.8) is 0 Å². The fraction of sp³-hybridized carbons (Fsp3) is 0.333. The lowest BCUT2D eigenvalue weighted by Gasteiger charge is -2.27. The van der Waals surface area contributed by atoms with E-state index in [2.05, 4.69) is 5.32 Å². The van der Waals surface area contributed by atoms with Crippen LogP contribution in [-0.2, 0) is 25.9 Å². The molecular weight excluding hydrogens is 426 g/mol. The second kappa shape index (κ2) is 8.63. The molecule has 1 fully saturated rings. The summed E-state index contributed by atoms with van der Waals surface area (Å²) in [5, 5.41) is 1.75. The maximum Gasteiger partial charge on any atom is 0.418 e. The average molecular weight is 444 g/mol. The minimum Gasteiger partial charge on any atom is -0.455 e. The number of hydrogen-bond acceptors (Lipinski definition) is 3. The monoisotopic (exact) mass is 443 g/mol. The molecule has 0 atom stereocenters. The molecule has 0 spiro atoms. The number of ether oxygens (including phenoxy) is 1. The van der Waals surface area contributed by atoms with Crippen LogP contribution in [0.4, 0.5) is 23.2 Å². The van der Waals surface area contributed by atoms with E-state index in [0.717, 1.165) is 12.1 Å². The van der Waals surface area contributed by atoms with Gasteiger partial charge >= 0.3 is 12.1 Å². The summed E-state index contributed by atoms with van der Waals surface area (Å²) in [5.74, 6) is -2.31. The fourth-order valence-corrected chi connectivity index (χ4v) is 3.97. The molecule has 1 aliphatic carbocycles. The number of esters is 1. The Hall–Kier alpha value is -2.61. The highest BCUT2D eigenvalue weighted by atomic mass is 35.5. The molecule has 0 aromatic heterocycles. The van der Waals surface area contributed by atoms with Crippen molar-refractivity contribution < 1.29 is 31.9 Å². The Morgan fingerprint density at radius 3 is 2.37 bits per heavy atom. The minimum atomic E-state index is -4.73. The van der Waals surface area contributed by atoms with Crippen molar-refractivity contribution in [2.45, 2.75) is 37.3 Å². The van der Waals surface area contributed by atoms with Gasteiger partial charge in [0.25, 0.3) is 5.91 Å². The lowest BCUT2D eigenvalue weighted by molar-refractivity contribution is -0.153. The van der Waals surface area contributed by atoms with Gasteiger partial charge in [-0.3, -0.25) is 9.59 Å². The maximum atomic E-state index is 14.3. The van der Waals surface area contributed by atoms with Crippen LogP contribution in [0, 0.1) is 5.82 Å². The molecule has 0 heterocycles. The van der Waals surface area contributed by atoms with Gasteiger partial charge in [0.2, 0.25) is 0 Å². The number of anilines is 1. The molecule has 160 valence electrons. The van der Waals surface area contributed by atoms with E-state index >= 15 is 0 Å². The maximum absolute atomic E-state index is 14.3. The van der Waals surface area contributed by atoms with Gasteiger partial charge < -0.3 is 10.1 Å². The van der Waals surface area contributed by atoms with Crippen LogP contribution in [-0.4, -0.2) is 18.5 Å². The number of para-hydroxylation sites is 1. The number of nitrogens with one attached hydrogen (secondary N) is 1. The fourth-order valence-electron chi connectivity index (χ4n) is 3.74. The summed E-state index contributed by atoms with van der Waals surface area (Å²) in [4.78, 5) is 25.0. The first-order valence-corrected chi connectivity index (χ1v) is 9.61. The van der Waals surface area contributed by atoms with Crippen molar-refractivity contribution >= 4 is 29.2 Å². The van der Waals surface area contributed by atoms with Crippen molar-refractivity contribution in [3.05, 3.63) is 64.4 Å². The topological polar surface area (TPSA) is 55.4 Å². The number of hydrogen-bond donors (Lipinski definition) is 1. The van der Waals surface area contributed by atoms with Crippen molar-refractivity contribution in [1.82, 2.24) is 0 Å². The normalized spacial score (nSPS) is 15.6. The molecule has 1 N–H and O–H groups in total. The number of halogens is 5. The number of carbonyl (C=O) groups excluding carboxylic acids is 2. The molecule has 0 radical (unpaired) electrons. The van der Waals surface area contributed by atoms with Crippen LogP contribution in [0.2, 0.25) is 5.02 Å². The number of carbonyl (C=O) groups is 2. The zero-order valence-electron chi connectivity index (χ0n) is 15.7. The Morgan fingerprint density at radius 1 is 1.07 bits per heavy atom. The summed E-state index contributed by atoms with van der Waals surface area (Å²) in [6.07, 6.45) is -2.65. The van der Waals surface area contributed by atoms with Gasteiger partial charge in [0.1, 0.15) is 5.82 Å². The largest absolute Gasteiger partial charge is 0.455 e. The van der Waals surface area contributed by atoms with E-state index in [4.69, 9.17) is 16.3 Å². The molecule has 0 aliphatic heterocycles. The molecule has 3 rings (SSSR count). The summed E-state index contributed by atoms with van der Waals surface area (Å²) in [5.41, 5.74) is -2.75. The summed E-state index contributed by atoms with van der Waals surface area (Å²) >= 11 is 5.80. The van der Waals surface area contributed by atoms with Crippen molar-refractivity contribution in [2.24, 2.45) is 0 Å². The van der Waals surface area contributed by atoms with Gasteiger partial charge in [-0.05, 0) is 31.0 Å². The molecule has 2 aromatic rings. The predicted molar refractivity (Wildman–Crippen MR) is 103 cm³/mol. The number of alkyl halides is 3. The van der Waals surface area contributed by atoms with Crippen molar-refractivity contribution in [2.75, 3.05) is 11.9 Å². The molecular formula is C21H18ClF4NO3. The Bertz CT molecular complexity index is 956. The molecule has 4 nitrogen and oxygen atoms in total. The lowest BCUT2D eigenvalue weighted by atomic mass is 9.78. The Labute approximate surface area is 175 Å². The Balaban J connectivity index is 1.74. The number of benzene rings is 2. The highest BCUT2D eigenvalue weighted by molar-refractivity contribution is 6.34. The van der Waals surface area contributed by atoms with Crippen LogP contribution in [0.1, 0.15) is 36.8 Å². The highest BCUT2D eigenvalue weighted by Crippen LogP contribution is 2.43. The Morgan fingerprint density at radius 2 is 1.73 bits per heavy atom. The first-order valence-electron chi connectivity index (χ1n) is 9.23. The zero-order chi connectivity index (χ0) is 21.9. The summed E-state index contributed by atoms with van der Waals surface area (Å²) in [6, 6.07) is 8.94. The number of rotatable bonds is 5. The molecule has 1 aliphatic rings. The van der Waals surface area contributed by atoms with E-state index < -0.39 is 47.1 Å². The quantitative estimate of drug-likeness (QED) is 0.491. The average Bonchev–Trinajstić information content (AvgIpc) is 3.18. The van der Waals surface area contributed by atoms with E-state index in [9.17, 15) is 27.2 Å². The highest BCUT2D eigenvalue weighted by Gasteiger charge is 2.46. The van der Waals surface area contributed by atoms with Crippen LogP contribution in [0.3, 0.4) is 0 Å². The molecule has 1 amide bonds. The van der Waals surface area contributed by atoms with Crippen LogP contribution >= 0.6 is 11.6 Å². The first kappa shape index (κ1) is 22.1. The summed E-state index contributed by atoms with van der Waals surface area (Å²) in [6.45, 7) is -0.822. The summed E-state index contributed by atoms with van der Waals surface area (Å²) in [7, 11) is 0. The molecule has 0 bridgehead atoms. The van der Waals surface area contributed by atoms with Gasteiger partial charge in [-0.2, -0.15) is 13.2 Å². The first-order chi connectivity index (χ1) is 14.1. The third-order valence-electron chi connectivity index (χ3n) is 5.16. The van der Waals surface area contributed by atoms with E-state index in [-0.39, 0.29) is 10.6 Å². The van der Waals surface area contributed by atoms with Crippen molar-refractivity contribution in [1.29, 1.82) is 0 Å². The van der Waals surface area contributed by atoms with Crippen molar-refractivity contribution in [3.8, 4) is 0 Å². The van der Waals surface area contributed by atoms with Crippen LogP contribution < -0.4 is 5.32 Å². The molecule has 9 heteroatoms. The molecule has 2 aromatic carbocycles. The predicted octanol–water partition coefficient (Wildman–Crippen LogP) is 5.49. The SMILES string of the molecule is O=C(COC(=O)C1(c2ccccc2F)CCCC1)Nc1c(Cl)cccc1C(F)(F)F. The van der Waals surface area contributed by atoms with E-state index in [1.165, 1.54) is 24.3 Å². The van der Waals surface area contributed by atoms with Gasteiger partial charge in [-0.15, -0.1) is 0 Å². The van der Waals surface area contributed by atoms with Gasteiger partial charge in [0, 0.05) is 5.56 Å². The zero-order valence-corrected chi connectivity index (χ0v) is 16.4. The van der Waals surface area contributed by atoms with Gasteiger partial charge in [0.05, 0.1) is 21.7 Å². The van der Waals surface area contributed by atoms with Gasteiger partial charge in [-0.1, -0.05) is 48.7 Å². The molecule has 1 saturated carbocycles.